The summed E-state index contributed by atoms with van der Waals surface area (Å²) >= 11 is 0. The zero-order valence-corrected chi connectivity index (χ0v) is 18.0. The first-order valence-electron chi connectivity index (χ1n) is 11.4. The monoisotopic (exact) mass is 411 g/mol. The van der Waals surface area contributed by atoms with Crippen molar-refractivity contribution in [2.24, 2.45) is 29.4 Å². The lowest BCUT2D eigenvalue weighted by molar-refractivity contribution is -0.144. The van der Waals surface area contributed by atoms with Gasteiger partial charge in [-0.1, -0.05) is 32.1 Å². The fourth-order valence-corrected chi connectivity index (χ4v) is 6.21. The van der Waals surface area contributed by atoms with Crippen LogP contribution in [0.3, 0.4) is 0 Å². The average Bonchev–Trinajstić information content (AvgIpc) is 3.19. The quantitative estimate of drug-likeness (QED) is 0.772. The molecule has 1 heterocycles. The Labute approximate surface area is 176 Å². The van der Waals surface area contributed by atoms with Gasteiger partial charge in [-0.05, 0) is 49.9 Å². The van der Waals surface area contributed by atoms with Gasteiger partial charge in [-0.3, -0.25) is 9.59 Å². The number of piperazine rings is 1. The Morgan fingerprint density at radius 2 is 1.39 bits per heavy atom. The first-order valence-corrected chi connectivity index (χ1v) is 11.4. The van der Waals surface area contributed by atoms with Crippen molar-refractivity contribution in [3.05, 3.63) is 0 Å². The van der Waals surface area contributed by atoms with Crippen molar-refractivity contribution in [1.29, 1.82) is 0 Å². The van der Waals surface area contributed by atoms with Crippen LogP contribution in [-0.2, 0) is 9.59 Å². The molecule has 0 aromatic rings. The number of nitrogens with zero attached hydrogens (tertiary/aromatic N) is 2. The van der Waals surface area contributed by atoms with E-state index in [1.807, 2.05) is 9.80 Å². The molecule has 28 heavy (non-hydrogen) atoms. The van der Waals surface area contributed by atoms with E-state index >= 15 is 0 Å². The molecule has 4 fully saturated rings. The molecule has 4 rings (SSSR count). The number of fused-ring (bicyclic) bond motifs is 2. The van der Waals surface area contributed by atoms with E-state index in [0.29, 0.717) is 62.3 Å². The number of rotatable bonds is 4. The molecule has 4 aliphatic rings. The highest BCUT2D eigenvalue weighted by Crippen LogP contribution is 2.42. The fourth-order valence-electron chi connectivity index (χ4n) is 6.21. The molecule has 0 aromatic heterocycles. The molecular formula is C22H38ClN3O2. The van der Waals surface area contributed by atoms with Gasteiger partial charge in [0.1, 0.15) is 0 Å². The van der Waals surface area contributed by atoms with Crippen LogP contribution in [0.15, 0.2) is 0 Å². The smallest absolute Gasteiger partial charge is 0.225 e. The minimum atomic E-state index is 0. The van der Waals surface area contributed by atoms with Crippen LogP contribution in [0.4, 0.5) is 0 Å². The highest BCUT2D eigenvalue weighted by Gasteiger charge is 2.42. The first kappa shape index (κ1) is 21.9. The fraction of sp³-hybridized carbons (Fsp3) is 0.909. The third kappa shape index (κ3) is 4.84. The van der Waals surface area contributed by atoms with Gasteiger partial charge in [0.2, 0.25) is 11.8 Å². The van der Waals surface area contributed by atoms with E-state index in [9.17, 15) is 9.59 Å². The van der Waals surface area contributed by atoms with E-state index in [1.165, 1.54) is 44.9 Å². The summed E-state index contributed by atoms with van der Waals surface area (Å²) in [6.45, 7) is 2.86. The molecule has 0 spiro atoms. The molecule has 3 saturated carbocycles. The number of hydrogen-bond acceptors (Lipinski definition) is 3. The summed E-state index contributed by atoms with van der Waals surface area (Å²) < 4.78 is 0. The maximum Gasteiger partial charge on any atom is 0.225 e. The number of carbonyl (C=O) groups is 2. The highest BCUT2D eigenvalue weighted by molar-refractivity contribution is 5.85. The third-order valence-corrected chi connectivity index (χ3v) is 7.95. The highest BCUT2D eigenvalue weighted by atomic mass is 35.5. The van der Waals surface area contributed by atoms with Crippen LogP contribution in [-0.4, -0.2) is 53.8 Å². The molecule has 1 aliphatic heterocycles. The van der Waals surface area contributed by atoms with E-state index in [-0.39, 0.29) is 18.3 Å². The molecule has 0 radical (unpaired) electrons. The van der Waals surface area contributed by atoms with E-state index in [2.05, 4.69) is 0 Å². The molecule has 2 atom stereocenters. The molecule has 1 saturated heterocycles. The van der Waals surface area contributed by atoms with Crippen LogP contribution in [0, 0.1) is 23.7 Å². The van der Waals surface area contributed by atoms with Gasteiger partial charge < -0.3 is 15.5 Å². The van der Waals surface area contributed by atoms with Crippen molar-refractivity contribution in [3.8, 4) is 0 Å². The number of amides is 2. The van der Waals surface area contributed by atoms with Crippen molar-refractivity contribution in [2.75, 3.05) is 26.2 Å². The van der Waals surface area contributed by atoms with Gasteiger partial charge in [0.05, 0.1) is 0 Å². The number of carbonyl (C=O) groups excluding carboxylic acids is 2. The summed E-state index contributed by atoms with van der Waals surface area (Å²) in [4.78, 5) is 29.6. The SMILES string of the molecule is Cl.NC1C2CCCC1CC(C(=O)N1CCN(C(=O)CCC3CCCC3)CC1)C2. The molecule has 2 N–H and O–H groups in total. The van der Waals surface area contributed by atoms with E-state index < -0.39 is 0 Å². The lowest BCUT2D eigenvalue weighted by Gasteiger charge is -2.45. The van der Waals surface area contributed by atoms with Crippen molar-refractivity contribution in [3.63, 3.8) is 0 Å². The Morgan fingerprint density at radius 3 is 2.00 bits per heavy atom. The second-order valence-corrected chi connectivity index (χ2v) is 9.59. The van der Waals surface area contributed by atoms with Gasteiger partial charge in [0.25, 0.3) is 0 Å². The summed E-state index contributed by atoms with van der Waals surface area (Å²) in [5, 5.41) is 0. The van der Waals surface area contributed by atoms with E-state index in [1.54, 1.807) is 0 Å². The molecule has 5 nitrogen and oxygen atoms in total. The number of halogens is 1. The number of hydrogen-bond donors (Lipinski definition) is 1. The topological polar surface area (TPSA) is 66.6 Å². The van der Waals surface area contributed by atoms with Gasteiger partial charge in [0, 0.05) is 44.6 Å². The van der Waals surface area contributed by atoms with Gasteiger partial charge in [-0.15, -0.1) is 12.4 Å². The molecule has 2 amide bonds. The van der Waals surface area contributed by atoms with Crippen LogP contribution in [0.1, 0.15) is 70.6 Å². The molecule has 6 heteroatoms. The maximum atomic E-state index is 13.0. The van der Waals surface area contributed by atoms with Crippen LogP contribution in [0.25, 0.3) is 0 Å². The third-order valence-electron chi connectivity index (χ3n) is 7.95. The van der Waals surface area contributed by atoms with E-state index in [0.717, 1.165) is 25.2 Å². The minimum Gasteiger partial charge on any atom is -0.339 e. The zero-order valence-electron chi connectivity index (χ0n) is 17.2. The Balaban J connectivity index is 0.00000225. The minimum absolute atomic E-state index is 0. The van der Waals surface area contributed by atoms with Gasteiger partial charge in [0.15, 0.2) is 0 Å². The summed E-state index contributed by atoms with van der Waals surface area (Å²) in [5.74, 6) is 2.66. The molecular weight excluding hydrogens is 374 g/mol. The zero-order chi connectivity index (χ0) is 18.8. The van der Waals surface area contributed by atoms with Crippen LogP contribution in [0.2, 0.25) is 0 Å². The van der Waals surface area contributed by atoms with Crippen molar-refractivity contribution >= 4 is 24.2 Å². The summed E-state index contributed by atoms with van der Waals surface area (Å²) in [7, 11) is 0. The standard InChI is InChI=1S/C22H37N3O2.ClH/c23-21-17-6-3-7-18(21)15-19(14-17)22(27)25-12-10-24(11-13-25)20(26)9-8-16-4-1-2-5-16;/h16-19,21H,1-15,23H2;1H. The molecule has 3 aliphatic carbocycles. The van der Waals surface area contributed by atoms with Crippen LogP contribution < -0.4 is 5.73 Å². The van der Waals surface area contributed by atoms with Crippen LogP contribution in [0.5, 0.6) is 0 Å². The molecule has 160 valence electrons. The van der Waals surface area contributed by atoms with Crippen molar-refractivity contribution in [1.82, 2.24) is 9.80 Å². The second kappa shape index (κ2) is 9.80. The summed E-state index contributed by atoms with van der Waals surface area (Å²) in [6.07, 6.45) is 12.7. The van der Waals surface area contributed by atoms with Gasteiger partial charge in [-0.25, -0.2) is 0 Å². The van der Waals surface area contributed by atoms with Crippen molar-refractivity contribution in [2.45, 2.75) is 76.7 Å². The van der Waals surface area contributed by atoms with Crippen molar-refractivity contribution < 1.29 is 9.59 Å². The van der Waals surface area contributed by atoms with Gasteiger partial charge in [-0.2, -0.15) is 0 Å². The Kier molecular flexibility index (Phi) is 7.66. The molecule has 2 unspecified atom stereocenters. The van der Waals surface area contributed by atoms with Gasteiger partial charge >= 0.3 is 0 Å². The Morgan fingerprint density at radius 1 is 0.821 bits per heavy atom. The Hall–Kier alpha value is -0.810. The molecule has 0 aromatic carbocycles. The lowest BCUT2D eigenvalue weighted by atomic mass is 9.65. The Bertz CT molecular complexity index is 530. The summed E-state index contributed by atoms with van der Waals surface area (Å²) in [5.41, 5.74) is 6.38. The normalized spacial score (nSPS) is 33.5. The van der Waals surface area contributed by atoms with Crippen LogP contribution >= 0.6 is 12.4 Å². The number of nitrogens with two attached hydrogens (primary N) is 1. The first-order chi connectivity index (χ1) is 13.1. The largest absolute Gasteiger partial charge is 0.339 e. The maximum absolute atomic E-state index is 13.0. The van der Waals surface area contributed by atoms with E-state index in [4.69, 9.17) is 5.73 Å². The predicted molar refractivity (Wildman–Crippen MR) is 113 cm³/mol. The predicted octanol–water partition coefficient (Wildman–Crippen LogP) is 3.20. The second-order valence-electron chi connectivity index (χ2n) is 9.59. The average molecular weight is 412 g/mol. The lowest BCUT2D eigenvalue weighted by Crippen LogP contribution is -2.54. The molecule has 2 bridgehead atoms. The summed E-state index contributed by atoms with van der Waals surface area (Å²) in [6, 6.07) is 0.317.